The van der Waals surface area contributed by atoms with Crippen molar-refractivity contribution in [2.24, 2.45) is 22.3 Å². The van der Waals surface area contributed by atoms with Crippen LogP contribution >= 0.6 is 7.75 Å². The van der Waals surface area contributed by atoms with Crippen molar-refractivity contribution in [2.45, 2.75) is 73.1 Å². The van der Waals surface area contributed by atoms with Gasteiger partial charge in [0.05, 0.1) is 19.3 Å². The Bertz CT molecular complexity index is 1280. The van der Waals surface area contributed by atoms with E-state index < -0.39 is 56.4 Å². The summed E-state index contributed by atoms with van der Waals surface area (Å²) in [5, 5.41) is 0. The molecule has 0 radical (unpaired) electrons. The zero-order chi connectivity index (χ0) is 35.7. The highest BCUT2D eigenvalue weighted by atomic mass is 31.2. The molecule has 2 unspecified atom stereocenters. The molecule has 0 saturated carbocycles. The second-order valence-corrected chi connectivity index (χ2v) is 13.2. The molecule has 0 heterocycles. The van der Waals surface area contributed by atoms with Gasteiger partial charge in [0.2, 0.25) is 18.5 Å². The average Bonchev–Trinajstić information content (AvgIpc) is 3.00. The van der Waals surface area contributed by atoms with Crippen LogP contribution in [0, 0.1) is 11.8 Å². The molecule has 0 fully saturated rings. The van der Waals surface area contributed by atoms with Crippen molar-refractivity contribution < 1.29 is 51.7 Å². The topological polar surface area (TPSA) is 175 Å². The highest BCUT2D eigenvalue weighted by Crippen LogP contribution is 2.54. The number of nitrogens with two attached hydrogens (primary N) is 1. The quantitative estimate of drug-likeness (QED) is 0.0475. The van der Waals surface area contributed by atoms with Crippen molar-refractivity contribution in [2.75, 3.05) is 26.8 Å². The zero-order valence-electron chi connectivity index (χ0n) is 28.6. The number of hydrogen-bond donors (Lipinski definition) is 1. The lowest BCUT2D eigenvalue weighted by Crippen LogP contribution is -2.39. The fourth-order valence-corrected chi connectivity index (χ4v) is 5.37. The predicted molar refractivity (Wildman–Crippen MR) is 178 cm³/mol. The number of carbonyl (C=O) groups is 3. The Hall–Kier alpha value is -4.13. The number of benzene rings is 2. The first-order chi connectivity index (χ1) is 22.7. The van der Waals surface area contributed by atoms with Gasteiger partial charge >= 0.3 is 26.0 Å². The summed E-state index contributed by atoms with van der Waals surface area (Å²) < 4.78 is 55.8. The molecule has 2 atom stereocenters. The van der Waals surface area contributed by atoms with Crippen LogP contribution in [-0.2, 0) is 54.9 Å². The first-order valence-corrected chi connectivity index (χ1v) is 17.1. The largest absolute Gasteiger partial charge is 0.510 e. The number of esters is 1. The Morgan fingerprint density at radius 2 is 1.15 bits per heavy atom. The Kier molecular flexibility index (Phi) is 16.9. The molecule has 0 aliphatic heterocycles. The van der Waals surface area contributed by atoms with Crippen molar-refractivity contribution in [1.82, 2.24) is 4.90 Å². The molecular weight excluding hydrogens is 645 g/mol. The Morgan fingerprint density at radius 1 is 0.729 bits per heavy atom. The normalized spacial score (nSPS) is 14.2. The highest BCUT2D eigenvalue weighted by Gasteiger charge is 2.39. The predicted octanol–water partition coefficient (Wildman–Crippen LogP) is 6.08. The summed E-state index contributed by atoms with van der Waals surface area (Å²) in [5.41, 5.74) is 8.00. The summed E-state index contributed by atoms with van der Waals surface area (Å²) >= 11 is 0. The van der Waals surface area contributed by atoms with Gasteiger partial charge in [0.25, 0.3) is 0 Å². The number of ether oxygens (including phenoxy) is 5. The molecule has 0 aliphatic carbocycles. The third-order valence-corrected chi connectivity index (χ3v) is 7.64. The summed E-state index contributed by atoms with van der Waals surface area (Å²) in [6.07, 6.45) is -4.68. The van der Waals surface area contributed by atoms with Gasteiger partial charge in [-0.25, -0.2) is 23.2 Å². The van der Waals surface area contributed by atoms with Crippen molar-refractivity contribution in [3.63, 3.8) is 0 Å². The third-order valence-electron chi connectivity index (χ3n) is 6.24. The summed E-state index contributed by atoms with van der Waals surface area (Å²) in [6, 6.07) is 18.7. The van der Waals surface area contributed by atoms with Crippen molar-refractivity contribution in [3.05, 3.63) is 71.8 Å². The van der Waals surface area contributed by atoms with Crippen LogP contribution in [0.3, 0.4) is 0 Å². The van der Waals surface area contributed by atoms with E-state index in [0.717, 1.165) is 16.0 Å². The molecule has 0 aliphatic rings. The maximum absolute atomic E-state index is 14.3. The van der Waals surface area contributed by atoms with Crippen LogP contribution in [0.5, 0.6) is 0 Å². The van der Waals surface area contributed by atoms with Crippen molar-refractivity contribution in [3.8, 4) is 0 Å². The molecule has 2 aromatic carbocycles. The fourth-order valence-electron chi connectivity index (χ4n) is 3.72. The average molecular weight is 694 g/mol. The summed E-state index contributed by atoms with van der Waals surface area (Å²) in [4.78, 5) is 38.6. The van der Waals surface area contributed by atoms with Crippen LogP contribution in [0.25, 0.3) is 0 Å². The van der Waals surface area contributed by atoms with Crippen LogP contribution in [0.4, 0.5) is 9.59 Å². The Morgan fingerprint density at radius 3 is 1.52 bits per heavy atom. The molecule has 0 aromatic heterocycles. The lowest BCUT2D eigenvalue weighted by atomic mass is 10.2. The molecule has 0 saturated heterocycles. The van der Waals surface area contributed by atoms with E-state index in [1.54, 1.807) is 41.5 Å². The lowest BCUT2D eigenvalue weighted by molar-refractivity contribution is -0.147. The minimum absolute atomic E-state index is 0.0137. The van der Waals surface area contributed by atoms with Gasteiger partial charge < -0.3 is 34.3 Å². The maximum atomic E-state index is 14.3. The smallest absolute Gasteiger partial charge is 0.462 e. The molecule has 48 heavy (non-hydrogen) atoms. The number of nitrogens with zero attached hydrogens (tertiary/aromatic N) is 2. The Labute approximate surface area is 282 Å². The van der Waals surface area contributed by atoms with E-state index in [-0.39, 0.29) is 25.9 Å². The van der Waals surface area contributed by atoms with Crippen LogP contribution in [-0.4, -0.2) is 74.6 Å². The second-order valence-electron chi connectivity index (χ2n) is 11.7. The number of rotatable bonds is 18. The first kappa shape index (κ1) is 40.0. The standard InChI is InChI=1S/C33H48N3O11P/c1-23(2)29(44-32(38)41-20-18-26-14-10-8-11-15-26)46-48(40,35-31(34)36(7)22-28(37)43-25(5)6)47-30(24(3)4)45-33(39)42-21-19-27-16-12-9-13-17-27/h8-17,23-25,29-30H,18-22H2,1-7H3,(H2,34,35,40). The van der Waals surface area contributed by atoms with E-state index in [1.807, 2.05) is 60.7 Å². The van der Waals surface area contributed by atoms with E-state index >= 15 is 0 Å². The molecule has 2 rings (SSSR count). The number of hydrogen-bond acceptors (Lipinski definition) is 11. The van der Waals surface area contributed by atoms with Crippen molar-refractivity contribution >= 4 is 32.0 Å². The summed E-state index contributed by atoms with van der Waals surface area (Å²) in [5.74, 6) is -2.22. The van der Waals surface area contributed by atoms with Crippen molar-refractivity contribution in [1.29, 1.82) is 0 Å². The monoisotopic (exact) mass is 693 g/mol. The first-order valence-electron chi connectivity index (χ1n) is 15.6. The third kappa shape index (κ3) is 15.6. The van der Waals surface area contributed by atoms with Gasteiger partial charge in [0.15, 0.2) is 0 Å². The number of guanidine groups is 1. The molecule has 2 N–H and O–H groups in total. The van der Waals surface area contributed by atoms with Gasteiger partial charge in [-0.3, -0.25) is 4.79 Å². The highest BCUT2D eigenvalue weighted by molar-refractivity contribution is 7.52. The maximum Gasteiger partial charge on any atom is 0.510 e. The Balaban J connectivity index is 2.22. The molecule has 14 nitrogen and oxygen atoms in total. The lowest BCUT2D eigenvalue weighted by Gasteiger charge is -2.28. The number of likely N-dealkylation sites (N-methyl/N-ethyl adjacent to an activating group) is 1. The van der Waals surface area contributed by atoms with Gasteiger partial charge in [-0.1, -0.05) is 88.4 Å². The fraction of sp³-hybridized carbons (Fsp3) is 0.515. The molecule has 266 valence electrons. The molecule has 0 spiro atoms. The number of carbonyl (C=O) groups excluding carboxylic acids is 3. The van der Waals surface area contributed by atoms with Gasteiger partial charge in [-0.2, -0.15) is 0 Å². The summed E-state index contributed by atoms with van der Waals surface area (Å²) in [6.45, 7) is 9.58. The molecule has 0 bridgehead atoms. The van der Waals surface area contributed by atoms with Gasteiger partial charge in [-0.05, 0) is 25.0 Å². The van der Waals surface area contributed by atoms with E-state index in [9.17, 15) is 18.9 Å². The van der Waals surface area contributed by atoms with E-state index in [4.69, 9.17) is 38.5 Å². The van der Waals surface area contributed by atoms with Crippen LogP contribution in [0.15, 0.2) is 65.4 Å². The molecule has 0 amide bonds. The van der Waals surface area contributed by atoms with E-state index in [1.165, 1.54) is 7.05 Å². The minimum atomic E-state index is -4.78. The van der Waals surface area contributed by atoms with Crippen LogP contribution in [0.2, 0.25) is 0 Å². The van der Waals surface area contributed by atoms with Gasteiger partial charge in [0.1, 0.15) is 6.54 Å². The van der Waals surface area contributed by atoms with Crippen LogP contribution in [0.1, 0.15) is 52.7 Å². The zero-order valence-corrected chi connectivity index (χ0v) is 29.5. The van der Waals surface area contributed by atoms with Gasteiger partial charge in [-0.15, -0.1) is 4.76 Å². The molecule has 2 aromatic rings. The van der Waals surface area contributed by atoms with Crippen LogP contribution < -0.4 is 5.73 Å². The second kappa shape index (κ2) is 20.3. The van der Waals surface area contributed by atoms with E-state index in [2.05, 4.69) is 4.76 Å². The SMILES string of the molecule is CC(C)OC(=O)CN(C)C(N)=NP(=O)(OC(OC(=O)OCCc1ccccc1)C(C)C)OC(OC(=O)OCCc1ccccc1)C(C)C. The molecular formula is C33H48N3O11P. The van der Waals surface area contributed by atoms with E-state index in [0.29, 0.717) is 12.8 Å². The van der Waals surface area contributed by atoms with Gasteiger partial charge in [0, 0.05) is 31.7 Å². The molecule has 15 heteroatoms. The summed E-state index contributed by atoms with van der Waals surface area (Å²) in [7, 11) is -3.37. The minimum Gasteiger partial charge on any atom is -0.462 e.